The van der Waals surface area contributed by atoms with Crippen LogP contribution in [-0.2, 0) is 16.5 Å². The van der Waals surface area contributed by atoms with Gasteiger partial charge in [-0.15, -0.1) is 0 Å². The Kier molecular flexibility index (Phi) is 8.28. The van der Waals surface area contributed by atoms with Gasteiger partial charge in [0.25, 0.3) is 0 Å². The molecule has 0 bridgehead atoms. The molecule has 0 fully saturated rings. The highest BCUT2D eigenvalue weighted by molar-refractivity contribution is 7.86. The Morgan fingerprint density at radius 2 is 1.35 bits per heavy atom. The molecule has 0 spiro atoms. The molecule has 0 amide bonds. The van der Waals surface area contributed by atoms with Crippen LogP contribution in [0.1, 0.15) is 25.3 Å². The Morgan fingerprint density at radius 1 is 0.882 bits per heavy atom. The van der Waals surface area contributed by atoms with Crippen LogP contribution in [0, 0.1) is 0 Å². The maximum absolute atomic E-state index is 10.7. The molecule has 4 rings (SSSR count). The molecular formula is C26H25F3O3S2. The van der Waals surface area contributed by atoms with Crippen molar-refractivity contribution < 1.29 is 26.1 Å². The minimum absolute atomic E-state index is 0.448. The van der Waals surface area contributed by atoms with Gasteiger partial charge in [-0.3, -0.25) is 4.55 Å². The van der Waals surface area contributed by atoms with Crippen molar-refractivity contribution in [1.29, 1.82) is 0 Å². The smallest absolute Gasteiger partial charge is 0.279 e. The summed E-state index contributed by atoms with van der Waals surface area (Å²) in [6.07, 6.45) is 3.39. The predicted molar refractivity (Wildman–Crippen MR) is 136 cm³/mol. The van der Waals surface area contributed by atoms with E-state index in [0.29, 0.717) is 5.25 Å². The van der Waals surface area contributed by atoms with Crippen LogP contribution in [0.25, 0.3) is 32.7 Å². The van der Waals surface area contributed by atoms with E-state index in [4.69, 9.17) is 25.6 Å². The third-order valence-electron chi connectivity index (χ3n) is 5.40. The Hall–Kier alpha value is -2.55. The van der Waals surface area contributed by atoms with Crippen molar-refractivity contribution in [3.05, 3.63) is 84.4 Å². The summed E-state index contributed by atoms with van der Waals surface area (Å²) in [7, 11) is -5.84. The highest BCUT2D eigenvalue weighted by Crippen LogP contribution is 2.36. The predicted octanol–water partition coefficient (Wildman–Crippen LogP) is 7.70. The number of alkyl halides is 3. The number of hydrogen-bond acceptors (Lipinski definition) is 3. The summed E-state index contributed by atoms with van der Waals surface area (Å²) in [5, 5.41) is 5.67. The second kappa shape index (κ2) is 10.8. The zero-order chi connectivity index (χ0) is 24.9. The van der Waals surface area contributed by atoms with E-state index in [-0.39, 0.29) is 0 Å². The highest BCUT2D eigenvalue weighted by atomic mass is 32.2. The minimum atomic E-state index is -5.84. The third kappa shape index (κ3) is 6.31. The average Bonchev–Trinajstić information content (AvgIpc) is 2.77. The van der Waals surface area contributed by atoms with Gasteiger partial charge in [-0.25, -0.2) is 0 Å². The average molecular weight is 507 g/mol. The number of rotatable bonds is 5. The van der Waals surface area contributed by atoms with E-state index < -0.39 is 15.6 Å². The van der Waals surface area contributed by atoms with Gasteiger partial charge in [-0.2, -0.15) is 34.2 Å². The molecular weight excluding hydrogens is 481 g/mol. The molecule has 34 heavy (non-hydrogen) atoms. The van der Waals surface area contributed by atoms with Gasteiger partial charge >= 0.3 is 15.6 Å². The van der Waals surface area contributed by atoms with E-state index in [1.54, 1.807) is 0 Å². The summed E-state index contributed by atoms with van der Waals surface area (Å²) < 4.78 is 57.5. The normalized spacial score (nSPS) is 12.9. The van der Waals surface area contributed by atoms with Crippen LogP contribution in [0.4, 0.5) is 13.2 Å². The van der Waals surface area contributed by atoms with Gasteiger partial charge in [0.1, 0.15) is 0 Å². The minimum Gasteiger partial charge on any atom is -0.279 e. The van der Waals surface area contributed by atoms with E-state index in [2.05, 4.69) is 85.8 Å². The van der Waals surface area contributed by atoms with Crippen molar-refractivity contribution in [2.45, 2.75) is 36.9 Å². The summed E-state index contributed by atoms with van der Waals surface area (Å²) >= 11 is 4.71. The molecule has 1 atom stereocenters. The van der Waals surface area contributed by atoms with E-state index in [1.807, 2.05) is 0 Å². The summed E-state index contributed by atoms with van der Waals surface area (Å²) in [6.45, 7) is 2.22. The van der Waals surface area contributed by atoms with Crippen molar-refractivity contribution in [2.24, 2.45) is 0 Å². The van der Waals surface area contributed by atoms with Crippen molar-refractivity contribution >= 4 is 44.3 Å². The molecule has 0 aliphatic heterocycles. The zero-order valence-corrected chi connectivity index (χ0v) is 20.2. The van der Waals surface area contributed by atoms with Crippen molar-refractivity contribution in [3.63, 3.8) is 0 Å². The lowest BCUT2D eigenvalue weighted by molar-refractivity contribution is -0.0510. The molecule has 0 aliphatic rings. The summed E-state index contributed by atoms with van der Waals surface area (Å²) in [5.74, 6) is 0. The van der Waals surface area contributed by atoms with Gasteiger partial charge in [0, 0.05) is 5.25 Å². The zero-order valence-electron chi connectivity index (χ0n) is 18.5. The Balaban J connectivity index is 0.000000350. The standard InChI is InChI=1S/C25H24S.CHF3O3S/c1-2-7-22(26)16-18-12-14-19(15-13-18)25-23-10-5-3-8-20(23)17-21-9-4-6-11-24(21)25;2-1(3,4)8(5,6)7/h3-6,8-15,17,22,26H,2,7,16H2,1H3;(H,5,6,7). The summed E-state index contributed by atoms with van der Waals surface area (Å²) in [4.78, 5) is 0. The molecule has 180 valence electrons. The van der Waals surface area contributed by atoms with Crippen LogP contribution in [0.3, 0.4) is 0 Å². The second-order valence-electron chi connectivity index (χ2n) is 7.96. The van der Waals surface area contributed by atoms with E-state index in [9.17, 15) is 13.2 Å². The fourth-order valence-corrected chi connectivity index (χ4v) is 4.31. The monoisotopic (exact) mass is 506 g/mol. The molecule has 4 aromatic rings. The maximum atomic E-state index is 10.7. The molecule has 0 radical (unpaired) electrons. The van der Waals surface area contributed by atoms with Crippen LogP contribution < -0.4 is 0 Å². The first kappa shape index (κ1) is 26.1. The lowest BCUT2D eigenvalue weighted by Crippen LogP contribution is -2.21. The molecule has 0 aliphatic carbocycles. The van der Waals surface area contributed by atoms with E-state index >= 15 is 0 Å². The lowest BCUT2D eigenvalue weighted by Gasteiger charge is -2.13. The highest BCUT2D eigenvalue weighted by Gasteiger charge is 2.44. The van der Waals surface area contributed by atoms with Gasteiger partial charge in [0.05, 0.1) is 0 Å². The topological polar surface area (TPSA) is 54.4 Å². The lowest BCUT2D eigenvalue weighted by atomic mass is 9.91. The van der Waals surface area contributed by atoms with Gasteiger partial charge < -0.3 is 0 Å². The molecule has 8 heteroatoms. The van der Waals surface area contributed by atoms with Crippen LogP contribution in [0.2, 0.25) is 0 Å². The first-order valence-electron chi connectivity index (χ1n) is 10.7. The number of hydrogen-bond donors (Lipinski definition) is 2. The van der Waals surface area contributed by atoms with Crippen LogP contribution in [-0.4, -0.2) is 23.7 Å². The summed E-state index contributed by atoms with van der Waals surface area (Å²) in [5.41, 5.74) is -1.55. The molecule has 1 unspecified atom stereocenters. The molecule has 3 nitrogen and oxygen atoms in total. The van der Waals surface area contributed by atoms with Crippen molar-refractivity contribution in [1.82, 2.24) is 0 Å². The number of halogens is 3. The van der Waals surface area contributed by atoms with Crippen LogP contribution in [0.5, 0.6) is 0 Å². The fourth-order valence-electron chi connectivity index (χ4n) is 3.84. The van der Waals surface area contributed by atoms with Gasteiger partial charge in [-0.1, -0.05) is 86.1 Å². The maximum Gasteiger partial charge on any atom is 0.522 e. The SMILES string of the molecule is CCCC(S)Cc1ccc(-c2c3ccccc3cc3ccccc23)cc1.O=S(=O)(O)C(F)(F)F. The van der Waals surface area contributed by atoms with Gasteiger partial charge in [0.2, 0.25) is 0 Å². The van der Waals surface area contributed by atoms with Crippen molar-refractivity contribution in [2.75, 3.05) is 0 Å². The Labute approximate surface area is 202 Å². The molecule has 0 saturated carbocycles. The Morgan fingerprint density at radius 3 is 1.79 bits per heavy atom. The first-order valence-corrected chi connectivity index (χ1v) is 12.7. The second-order valence-corrected chi connectivity index (χ2v) is 10.1. The molecule has 0 aromatic heterocycles. The fraction of sp³-hybridized carbons (Fsp3) is 0.231. The van der Waals surface area contributed by atoms with Crippen molar-refractivity contribution in [3.8, 4) is 11.1 Å². The number of fused-ring (bicyclic) bond motifs is 2. The van der Waals surface area contributed by atoms with E-state index in [0.717, 1.165) is 6.42 Å². The largest absolute Gasteiger partial charge is 0.522 e. The van der Waals surface area contributed by atoms with Crippen LogP contribution in [0.15, 0.2) is 78.9 Å². The number of thiol groups is 1. The molecule has 1 N–H and O–H groups in total. The Bertz CT molecular complexity index is 1310. The van der Waals surface area contributed by atoms with Gasteiger partial charge in [-0.05, 0) is 57.1 Å². The molecule has 0 heterocycles. The van der Waals surface area contributed by atoms with Gasteiger partial charge in [0.15, 0.2) is 0 Å². The third-order valence-corrected chi connectivity index (χ3v) is 6.43. The van der Waals surface area contributed by atoms with E-state index in [1.165, 1.54) is 51.1 Å². The molecule has 0 saturated heterocycles. The van der Waals surface area contributed by atoms with Crippen LogP contribution >= 0.6 is 12.6 Å². The summed E-state index contributed by atoms with van der Waals surface area (Å²) in [6, 6.07) is 28.7. The first-order chi connectivity index (χ1) is 16.0. The molecule has 4 aromatic carbocycles. The number of benzene rings is 4. The quantitative estimate of drug-likeness (QED) is 0.126.